The van der Waals surface area contributed by atoms with Crippen LogP contribution in [0.2, 0.25) is 0 Å². The molecule has 1 saturated carbocycles. The molecule has 0 aromatic heterocycles. The lowest BCUT2D eigenvalue weighted by atomic mass is 9.83. The van der Waals surface area contributed by atoms with Gasteiger partial charge in [0, 0.05) is 12.6 Å². The highest BCUT2D eigenvalue weighted by molar-refractivity contribution is 4.94. The number of likely N-dealkylation sites (tertiary alicyclic amines) is 1. The molecule has 2 rings (SSSR count). The lowest BCUT2D eigenvalue weighted by Gasteiger charge is -2.39. The summed E-state index contributed by atoms with van der Waals surface area (Å²) in [5, 5.41) is 0. The van der Waals surface area contributed by atoms with Crippen molar-refractivity contribution >= 4 is 0 Å². The number of hydrogen-bond acceptors (Lipinski definition) is 2. The molecule has 2 fully saturated rings. The second-order valence-electron chi connectivity index (χ2n) is 6.24. The first-order valence-corrected chi connectivity index (χ1v) is 6.86. The minimum absolute atomic E-state index is 0.102. The van der Waals surface area contributed by atoms with Gasteiger partial charge in [-0.3, -0.25) is 0 Å². The number of hydrogen-bond donors (Lipinski definition) is 1. The van der Waals surface area contributed by atoms with Gasteiger partial charge in [0.2, 0.25) is 0 Å². The van der Waals surface area contributed by atoms with Crippen LogP contribution >= 0.6 is 0 Å². The molecule has 0 amide bonds. The van der Waals surface area contributed by atoms with Crippen molar-refractivity contribution in [2.24, 2.45) is 17.1 Å². The molecule has 0 aromatic carbocycles. The summed E-state index contributed by atoms with van der Waals surface area (Å²) in [5.74, 6) is -1.10. The van der Waals surface area contributed by atoms with Gasteiger partial charge in [-0.2, -0.15) is 13.2 Å². The lowest BCUT2D eigenvalue weighted by Crippen LogP contribution is -2.47. The van der Waals surface area contributed by atoms with E-state index in [0.29, 0.717) is 13.1 Å². The Labute approximate surface area is 107 Å². The normalized spacial score (nSPS) is 36.2. The van der Waals surface area contributed by atoms with Gasteiger partial charge in [0.05, 0.1) is 5.92 Å². The Morgan fingerprint density at radius 3 is 2.28 bits per heavy atom. The van der Waals surface area contributed by atoms with Gasteiger partial charge in [0.25, 0.3) is 0 Å². The van der Waals surface area contributed by atoms with Crippen molar-refractivity contribution in [3.63, 3.8) is 0 Å². The first kappa shape index (κ1) is 14.1. The molecule has 0 radical (unpaired) electrons. The van der Waals surface area contributed by atoms with Gasteiger partial charge in [-0.05, 0) is 44.2 Å². The number of nitrogens with zero attached hydrogens (tertiary/aromatic N) is 1. The molecule has 2 unspecified atom stereocenters. The van der Waals surface area contributed by atoms with E-state index in [0.717, 1.165) is 25.8 Å². The highest BCUT2D eigenvalue weighted by atomic mass is 19.4. The third-order valence-corrected chi connectivity index (χ3v) is 4.79. The minimum Gasteiger partial charge on any atom is -0.327 e. The molecule has 0 spiro atoms. The molecule has 18 heavy (non-hydrogen) atoms. The average molecular weight is 264 g/mol. The molecule has 0 aromatic rings. The predicted octanol–water partition coefficient (Wildman–Crippen LogP) is 2.78. The van der Waals surface area contributed by atoms with E-state index >= 15 is 0 Å². The van der Waals surface area contributed by atoms with Crippen LogP contribution in [0.3, 0.4) is 0 Å². The van der Waals surface area contributed by atoms with Crippen LogP contribution in [-0.2, 0) is 0 Å². The molecule has 106 valence electrons. The van der Waals surface area contributed by atoms with Crippen molar-refractivity contribution in [1.82, 2.24) is 4.90 Å². The third-order valence-electron chi connectivity index (χ3n) is 4.79. The van der Waals surface area contributed by atoms with Gasteiger partial charge >= 0.3 is 6.18 Å². The van der Waals surface area contributed by atoms with Gasteiger partial charge in [0.15, 0.2) is 0 Å². The largest absolute Gasteiger partial charge is 0.391 e. The van der Waals surface area contributed by atoms with Crippen molar-refractivity contribution in [1.29, 1.82) is 0 Å². The van der Waals surface area contributed by atoms with E-state index in [1.807, 2.05) is 0 Å². The average Bonchev–Trinajstić information content (AvgIpc) is 2.58. The maximum atomic E-state index is 12.6. The Morgan fingerprint density at radius 1 is 1.22 bits per heavy atom. The molecular weight excluding hydrogens is 241 g/mol. The van der Waals surface area contributed by atoms with Crippen LogP contribution in [0.1, 0.15) is 39.0 Å². The Kier molecular flexibility index (Phi) is 3.93. The standard InChI is InChI=1S/C13H23F3N2/c1-12(6-2-3-11(12)17)9-18-7-4-10(5-8-18)13(14,15)16/h10-11H,2-9,17H2,1H3. The van der Waals surface area contributed by atoms with Crippen LogP contribution in [0.15, 0.2) is 0 Å². The van der Waals surface area contributed by atoms with E-state index in [4.69, 9.17) is 5.73 Å². The van der Waals surface area contributed by atoms with Crippen LogP contribution in [0, 0.1) is 11.3 Å². The first-order chi connectivity index (χ1) is 8.31. The van der Waals surface area contributed by atoms with Gasteiger partial charge in [-0.1, -0.05) is 13.3 Å². The fourth-order valence-electron chi connectivity index (χ4n) is 3.39. The topological polar surface area (TPSA) is 29.3 Å². The molecule has 1 heterocycles. The summed E-state index contributed by atoms with van der Waals surface area (Å²) in [5.41, 5.74) is 6.22. The lowest BCUT2D eigenvalue weighted by molar-refractivity contribution is -0.185. The number of alkyl halides is 3. The molecule has 2 N–H and O–H groups in total. The summed E-state index contributed by atoms with van der Waals surface area (Å²) in [4.78, 5) is 2.17. The first-order valence-electron chi connectivity index (χ1n) is 6.86. The SMILES string of the molecule is CC1(CN2CCC(C(F)(F)F)CC2)CCCC1N. The van der Waals surface area contributed by atoms with Crippen LogP contribution in [-0.4, -0.2) is 36.8 Å². The van der Waals surface area contributed by atoms with E-state index < -0.39 is 12.1 Å². The number of rotatable bonds is 2. The van der Waals surface area contributed by atoms with Gasteiger partial charge < -0.3 is 10.6 Å². The fraction of sp³-hybridized carbons (Fsp3) is 1.00. The number of nitrogens with two attached hydrogens (primary N) is 1. The molecule has 5 heteroatoms. The molecule has 2 nitrogen and oxygen atoms in total. The quantitative estimate of drug-likeness (QED) is 0.831. The zero-order chi connectivity index (χ0) is 13.4. The van der Waals surface area contributed by atoms with E-state index in [1.54, 1.807) is 0 Å². The van der Waals surface area contributed by atoms with Crippen LogP contribution in [0.4, 0.5) is 13.2 Å². The Hall–Kier alpha value is -0.290. The predicted molar refractivity (Wildman–Crippen MR) is 65.2 cm³/mol. The number of piperidine rings is 1. The molecular formula is C13H23F3N2. The summed E-state index contributed by atoms with van der Waals surface area (Å²) < 4.78 is 37.7. The van der Waals surface area contributed by atoms with E-state index in [1.165, 1.54) is 0 Å². The van der Waals surface area contributed by atoms with Crippen molar-refractivity contribution < 1.29 is 13.2 Å². The van der Waals surface area contributed by atoms with Crippen molar-refractivity contribution in [3.05, 3.63) is 0 Å². The molecule has 1 aliphatic carbocycles. The minimum atomic E-state index is -4.01. The second kappa shape index (κ2) is 5.00. The second-order valence-corrected chi connectivity index (χ2v) is 6.24. The van der Waals surface area contributed by atoms with Gasteiger partial charge in [-0.25, -0.2) is 0 Å². The van der Waals surface area contributed by atoms with Gasteiger partial charge in [-0.15, -0.1) is 0 Å². The van der Waals surface area contributed by atoms with Crippen LogP contribution < -0.4 is 5.73 Å². The molecule has 1 aliphatic heterocycles. The highest BCUT2D eigenvalue weighted by Crippen LogP contribution is 2.39. The van der Waals surface area contributed by atoms with Crippen LogP contribution in [0.5, 0.6) is 0 Å². The summed E-state index contributed by atoms with van der Waals surface area (Å²) >= 11 is 0. The van der Waals surface area contributed by atoms with E-state index in [2.05, 4.69) is 11.8 Å². The Balaban J connectivity index is 1.84. The fourth-order valence-corrected chi connectivity index (χ4v) is 3.39. The van der Waals surface area contributed by atoms with Crippen LogP contribution in [0.25, 0.3) is 0 Å². The summed E-state index contributed by atoms with van der Waals surface area (Å²) in [6.07, 6.45) is -0.219. The van der Waals surface area contributed by atoms with Gasteiger partial charge in [0.1, 0.15) is 0 Å². The molecule has 0 bridgehead atoms. The zero-order valence-electron chi connectivity index (χ0n) is 11.0. The molecule has 2 aliphatic rings. The van der Waals surface area contributed by atoms with Crippen molar-refractivity contribution in [2.45, 2.75) is 51.2 Å². The van der Waals surface area contributed by atoms with E-state index in [9.17, 15) is 13.2 Å². The Morgan fingerprint density at radius 2 is 1.83 bits per heavy atom. The Bertz CT molecular complexity index is 284. The highest BCUT2D eigenvalue weighted by Gasteiger charge is 2.43. The molecule has 1 saturated heterocycles. The van der Waals surface area contributed by atoms with E-state index in [-0.39, 0.29) is 24.3 Å². The van der Waals surface area contributed by atoms with Crippen molar-refractivity contribution in [2.75, 3.05) is 19.6 Å². The monoisotopic (exact) mass is 264 g/mol. The smallest absolute Gasteiger partial charge is 0.327 e. The zero-order valence-corrected chi connectivity index (χ0v) is 11.0. The summed E-state index contributed by atoms with van der Waals surface area (Å²) in [6.45, 7) is 4.16. The summed E-state index contributed by atoms with van der Waals surface area (Å²) in [6, 6.07) is 0.206. The maximum Gasteiger partial charge on any atom is 0.391 e. The third kappa shape index (κ3) is 2.99. The molecule has 2 atom stereocenters. The summed E-state index contributed by atoms with van der Waals surface area (Å²) in [7, 11) is 0. The van der Waals surface area contributed by atoms with Crippen molar-refractivity contribution in [3.8, 4) is 0 Å². The number of halogens is 3. The maximum absolute atomic E-state index is 12.6.